The molecule has 0 aliphatic heterocycles. The summed E-state index contributed by atoms with van der Waals surface area (Å²) in [6, 6.07) is 5.96. The molecule has 16 heavy (non-hydrogen) atoms. The number of ether oxygens (including phenoxy) is 1. The number of anilines is 1. The van der Waals surface area contributed by atoms with E-state index >= 15 is 0 Å². The van der Waals surface area contributed by atoms with E-state index in [9.17, 15) is 0 Å². The van der Waals surface area contributed by atoms with Crippen molar-refractivity contribution in [3.63, 3.8) is 0 Å². The Labute approximate surface area is 98.4 Å². The van der Waals surface area contributed by atoms with Crippen LogP contribution in [0.5, 0.6) is 5.75 Å². The smallest absolute Gasteiger partial charge is 0.120 e. The SMILES string of the molecule is COc1ccc(C)c(NCc2csnn2)c1. The van der Waals surface area contributed by atoms with Gasteiger partial charge >= 0.3 is 0 Å². The molecule has 0 fully saturated rings. The Hall–Kier alpha value is -1.62. The molecule has 4 nitrogen and oxygen atoms in total. The molecule has 1 aromatic carbocycles. The second-order valence-corrected chi connectivity index (χ2v) is 4.04. The molecule has 0 saturated heterocycles. The maximum absolute atomic E-state index is 5.18. The molecular weight excluding hydrogens is 222 g/mol. The first-order chi connectivity index (χ1) is 7.79. The van der Waals surface area contributed by atoms with E-state index in [0.717, 1.165) is 17.1 Å². The van der Waals surface area contributed by atoms with Crippen LogP contribution in [0.1, 0.15) is 11.3 Å². The van der Waals surface area contributed by atoms with Crippen LogP contribution >= 0.6 is 11.5 Å². The van der Waals surface area contributed by atoms with Crippen molar-refractivity contribution < 1.29 is 4.74 Å². The molecule has 1 N–H and O–H groups in total. The fourth-order valence-electron chi connectivity index (χ4n) is 1.37. The monoisotopic (exact) mass is 235 g/mol. The molecule has 84 valence electrons. The third kappa shape index (κ3) is 2.49. The zero-order chi connectivity index (χ0) is 11.4. The van der Waals surface area contributed by atoms with E-state index < -0.39 is 0 Å². The molecule has 2 rings (SSSR count). The van der Waals surface area contributed by atoms with E-state index in [2.05, 4.69) is 21.8 Å². The van der Waals surface area contributed by atoms with Gasteiger partial charge < -0.3 is 10.1 Å². The second kappa shape index (κ2) is 4.94. The summed E-state index contributed by atoms with van der Waals surface area (Å²) in [7, 11) is 1.67. The lowest BCUT2D eigenvalue weighted by Gasteiger charge is -2.09. The van der Waals surface area contributed by atoms with Crippen molar-refractivity contribution in [1.29, 1.82) is 0 Å². The molecule has 0 amide bonds. The maximum atomic E-state index is 5.18. The summed E-state index contributed by atoms with van der Waals surface area (Å²) in [5, 5.41) is 9.23. The zero-order valence-corrected chi connectivity index (χ0v) is 10.0. The van der Waals surface area contributed by atoms with Crippen molar-refractivity contribution in [1.82, 2.24) is 9.59 Å². The molecule has 5 heteroatoms. The summed E-state index contributed by atoms with van der Waals surface area (Å²) < 4.78 is 9.00. The quantitative estimate of drug-likeness (QED) is 0.884. The normalized spacial score (nSPS) is 10.1. The van der Waals surface area contributed by atoms with Gasteiger partial charge in [-0.2, -0.15) is 0 Å². The van der Waals surface area contributed by atoms with Crippen molar-refractivity contribution in [2.45, 2.75) is 13.5 Å². The van der Waals surface area contributed by atoms with Gasteiger partial charge in [0.15, 0.2) is 0 Å². The number of aryl methyl sites for hydroxylation is 1. The van der Waals surface area contributed by atoms with E-state index in [1.54, 1.807) is 7.11 Å². The average Bonchev–Trinajstić information content (AvgIpc) is 2.81. The van der Waals surface area contributed by atoms with E-state index in [0.29, 0.717) is 6.54 Å². The highest BCUT2D eigenvalue weighted by Crippen LogP contribution is 2.22. The molecule has 1 aromatic heterocycles. The zero-order valence-electron chi connectivity index (χ0n) is 9.23. The summed E-state index contributed by atoms with van der Waals surface area (Å²) in [4.78, 5) is 0. The largest absolute Gasteiger partial charge is 0.497 e. The van der Waals surface area contributed by atoms with Crippen LogP contribution in [-0.4, -0.2) is 16.7 Å². The molecule has 0 spiro atoms. The van der Waals surface area contributed by atoms with E-state index in [4.69, 9.17) is 4.74 Å². The van der Waals surface area contributed by atoms with Crippen LogP contribution in [0.3, 0.4) is 0 Å². The molecule has 0 saturated carbocycles. The van der Waals surface area contributed by atoms with Crippen LogP contribution in [0.4, 0.5) is 5.69 Å². The van der Waals surface area contributed by atoms with Crippen molar-refractivity contribution >= 4 is 17.2 Å². The molecule has 0 aliphatic carbocycles. The minimum Gasteiger partial charge on any atom is -0.497 e. The van der Waals surface area contributed by atoms with E-state index in [1.165, 1.54) is 17.1 Å². The standard InChI is InChI=1S/C11H13N3OS/c1-8-3-4-10(15-2)5-11(8)12-6-9-7-16-14-13-9/h3-5,7,12H,6H2,1-2H3. The molecule has 0 atom stereocenters. The van der Waals surface area contributed by atoms with Gasteiger partial charge in [-0.25, -0.2) is 0 Å². The molecule has 0 unspecified atom stereocenters. The molecule has 0 radical (unpaired) electrons. The Morgan fingerprint density at radius 1 is 1.44 bits per heavy atom. The lowest BCUT2D eigenvalue weighted by Crippen LogP contribution is -2.01. The van der Waals surface area contributed by atoms with E-state index in [-0.39, 0.29) is 0 Å². The van der Waals surface area contributed by atoms with Crippen LogP contribution in [0.25, 0.3) is 0 Å². The first kappa shape index (κ1) is 10.9. The van der Waals surface area contributed by atoms with Gasteiger partial charge in [0.1, 0.15) is 5.75 Å². The summed E-state index contributed by atoms with van der Waals surface area (Å²) in [5.74, 6) is 0.851. The predicted molar refractivity (Wildman–Crippen MR) is 65.0 cm³/mol. The minimum atomic E-state index is 0.685. The van der Waals surface area contributed by atoms with Gasteiger partial charge in [-0.05, 0) is 30.1 Å². The van der Waals surface area contributed by atoms with Crippen LogP contribution in [-0.2, 0) is 6.54 Å². The molecule has 1 heterocycles. The fraction of sp³-hybridized carbons (Fsp3) is 0.273. The van der Waals surface area contributed by atoms with Crippen LogP contribution in [0, 0.1) is 6.92 Å². The van der Waals surface area contributed by atoms with Crippen molar-refractivity contribution in [2.24, 2.45) is 0 Å². The van der Waals surface area contributed by atoms with Crippen molar-refractivity contribution in [2.75, 3.05) is 12.4 Å². The highest BCUT2D eigenvalue weighted by atomic mass is 32.1. The number of methoxy groups -OCH3 is 1. The second-order valence-electron chi connectivity index (χ2n) is 3.43. The average molecular weight is 235 g/mol. The van der Waals surface area contributed by atoms with Gasteiger partial charge in [0.05, 0.1) is 19.3 Å². The first-order valence-electron chi connectivity index (χ1n) is 4.94. The summed E-state index contributed by atoms with van der Waals surface area (Å²) >= 11 is 1.36. The van der Waals surface area contributed by atoms with Gasteiger partial charge in [0.25, 0.3) is 0 Å². The Morgan fingerprint density at radius 3 is 3.00 bits per heavy atom. The molecule has 0 aliphatic rings. The predicted octanol–water partition coefficient (Wildman–Crippen LogP) is 2.47. The highest BCUT2D eigenvalue weighted by molar-refractivity contribution is 7.03. The lowest BCUT2D eigenvalue weighted by molar-refractivity contribution is 0.415. The lowest BCUT2D eigenvalue weighted by atomic mass is 10.2. The minimum absolute atomic E-state index is 0.685. The van der Waals surface area contributed by atoms with E-state index in [1.807, 2.05) is 23.6 Å². The van der Waals surface area contributed by atoms with Gasteiger partial charge in [0, 0.05) is 17.1 Å². The topological polar surface area (TPSA) is 47.0 Å². The number of benzene rings is 1. The molecular formula is C11H13N3OS. The van der Waals surface area contributed by atoms with Gasteiger partial charge in [-0.15, -0.1) is 5.10 Å². The number of rotatable bonds is 4. The van der Waals surface area contributed by atoms with Crippen molar-refractivity contribution in [3.8, 4) is 5.75 Å². The molecule has 2 aromatic rings. The van der Waals surface area contributed by atoms with Crippen LogP contribution in [0.15, 0.2) is 23.6 Å². The Kier molecular flexibility index (Phi) is 3.36. The fourth-order valence-corrected chi connectivity index (χ4v) is 1.82. The Morgan fingerprint density at radius 2 is 2.31 bits per heavy atom. The maximum Gasteiger partial charge on any atom is 0.120 e. The number of hydrogen-bond donors (Lipinski definition) is 1. The number of nitrogens with zero attached hydrogens (tertiary/aromatic N) is 2. The van der Waals surface area contributed by atoms with Crippen molar-refractivity contribution in [3.05, 3.63) is 34.8 Å². The Bertz CT molecular complexity index is 456. The number of aromatic nitrogens is 2. The van der Waals surface area contributed by atoms with Gasteiger partial charge in [-0.3, -0.25) is 0 Å². The summed E-state index contributed by atoms with van der Waals surface area (Å²) in [5.41, 5.74) is 3.20. The first-order valence-corrected chi connectivity index (χ1v) is 5.77. The molecule has 0 bridgehead atoms. The van der Waals surface area contributed by atoms with Gasteiger partial charge in [-0.1, -0.05) is 10.6 Å². The summed E-state index contributed by atoms with van der Waals surface area (Å²) in [6.07, 6.45) is 0. The third-order valence-electron chi connectivity index (χ3n) is 2.31. The van der Waals surface area contributed by atoms with Crippen LogP contribution < -0.4 is 10.1 Å². The van der Waals surface area contributed by atoms with Crippen LogP contribution in [0.2, 0.25) is 0 Å². The number of nitrogens with one attached hydrogen (secondary N) is 1. The highest BCUT2D eigenvalue weighted by Gasteiger charge is 2.01. The summed E-state index contributed by atoms with van der Waals surface area (Å²) in [6.45, 7) is 2.74. The Balaban J connectivity index is 2.08. The number of hydrogen-bond acceptors (Lipinski definition) is 5. The third-order valence-corrected chi connectivity index (χ3v) is 2.86. The van der Waals surface area contributed by atoms with Gasteiger partial charge in [0.2, 0.25) is 0 Å².